The van der Waals surface area contributed by atoms with Gasteiger partial charge in [-0.25, -0.2) is 4.98 Å². The molecule has 1 N–H and O–H groups in total. The van der Waals surface area contributed by atoms with Crippen molar-refractivity contribution in [3.63, 3.8) is 0 Å². The van der Waals surface area contributed by atoms with Crippen LogP contribution in [0.2, 0.25) is 0 Å². The first-order valence-electron chi connectivity index (χ1n) is 4.33. The van der Waals surface area contributed by atoms with E-state index in [4.69, 9.17) is 0 Å². The molecule has 4 heteroatoms. The first kappa shape index (κ1) is 10.3. The van der Waals surface area contributed by atoms with Gasteiger partial charge in [-0.15, -0.1) is 11.3 Å². The zero-order chi connectivity index (χ0) is 9.84. The third kappa shape index (κ3) is 2.35. The molecule has 0 bridgehead atoms. The van der Waals surface area contributed by atoms with E-state index in [-0.39, 0.29) is 5.78 Å². The zero-order valence-corrected chi connectivity index (χ0v) is 8.99. The Labute approximate surface area is 82.2 Å². The number of carbonyl (C=O) groups is 1. The van der Waals surface area contributed by atoms with E-state index >= 15 is 0 Å². The Hall–Kier alpha value is -0.740. The van der Waals surface area contributed by atoms with Gasteiger partial charge in [0, 0.05) is 4.88 Å². The van der Waals surface area contributed by atoms with Gasteiger partial charge < -0.3 is 5.32 Å². The number of hydrogen-bond acceptors (Lipinski definition) is 4. The van der Waals surface area contributed by atoms with Crippen molar-refractivity contribution in [1.82, 2.24) is 10.3 Å². The number of ketones is 1. The fourth-order valence-electron chi connectivity index (χ4n) is 1.11. The molecule has 1 aromatic rings. The SMILES string of the molecule is CCc1nc(C(=O)CNC)sc1C. The lowest BCUT2D eigenvalue weighted by Crippen LogP contribution is -2.18. The Morgan fingerprint density at radius 1 is 1.62 bits per heavy atom. The maximum atomic E-state index is 11.4. The van der Waals surface area contributed by atoms with E-state index in [0.29, 0.717) is 11.6 Å². The summed E-state index contributed by atoms with van der Waals surface area (Å²) in [5, 5.41) is 3.46. The Balaban J connectivity index is 2.84. The molecule has 0 atom stereocenters. The highest BCUT2D eigenvalue weighted by Gasteiger charge is 2.12. The third-order valence-electron chi connectivity index (χ3n) is 1.80. The number of rotatable bonds is 4. The van der Waals surface area contributed by atoms with Crippen molar-refractivity contribution in [2.75, 3.05) is 13.6 Å². The van der Waals surface area contributed by atoms with Crippen LogP contribution in [0.1, 0.15) is 27.3 Å². The normalized spacial score (nSPS) is 10.4. The second-order valence-corrected chi connectivity index (χ2v) is 4.03. The summed E-state index contributed by atoms with van der Waals surface area (Å²) in [5.74, 6) is 0.0790. The molecule has 0 unspecified atom stereocenters. The minimum atomic E-state index is 0.0790. The quantitative estimate of drug-likeness (QED) is 0.744. The topological polar surface area (TPSA) is 42.0 Å². The Kier molecular flexibility index (Phi) is 3.57. The van der Waals surface area contributed by atoms with Gasteiger partial charge in [0.15, 0.2) is 5.01 Å². The van der Waals surface area contributed by atoms with E-state index in [1.54, 1.807) is 7.05 Å². The van der Waals surface area contributed by atoms with Crippen LogP contribution in [0.4, 0.5) is 0 Å². The second kappa shape index (κ2) is 4.48. The molecular formula is C9H14N2OS. The van der Waals surface area contributed by atoms with Gasteiger partial charge in [-0.1, -0.05) is 6.92 Å². The number of thiazole rings is 1. The molecule has 0 amide bonds. The van der Waals surface area contributed by atoms with Crippen molar-refractivity contribution in [2.45, 2.75) is 20.3 Å². The summed E-state index contributed by atoms with van der Waals surface area (Å²) in [4.78, 5) is 16.8. The van der Waals surface area contributed by atoms with Crippen LogP contribution in [0.25, 0.3) is 0 Å². The monoisotopic (exact) mass is 198 g/mol. The molecule has 0 aliphatic heterocycles. The summed E-state index contributed by atoms with van der Waals surface area (Å²) in [6.45, 7) is 4.43. The number of carbonyl (C=O) groups excluding carboxylic acids is 1. The fourth-order valence-corrected chi connectivity index (χ4v) is 2.05. The van der Waals surface area contributed by atoms with Crippen molar-refractivity contribution in [1.29, 1.82) is 0 Å². The summed E-state index contributed by atoms with van der Waals surface area (Å²) in [5.41, 5.74) is 1.05. The minimum absolute atomic E-state index is 0.0790. The maximum absolute atomic E-state index is 11.4. The number of nitrogens with one attached hydrogen (secondary N) is 1. The van der Waals surface area contributed by atoms with E-state index in [0.717, 1.165) is 17.0 Å². The van der Waals surface area contributed by atoms with Gasteiger partial charge in [0.05, 0.1) is 12.2 Å². The Morgan fingerprint density at radius 3 is 2.77 bits per heavy atom. The minimum Gasteiger partial charge on any atom is -0.313 e. The average Bonchev–Trinajstić information content (AvgIpc) is 2.47. The number of aromatic nitrogens is 1. The predicted octanol–water partition coefficient (Wildman–Crippen LogP) is 1.42. The summed E-state index contributed by atoms with van der Waals surface area (Å²) in [6.07, 6.45) is 0.898. The summed E-state index contributed by atoms with van der Waals surface area (Å²) >= 11 is 1.49. The molecule has 0 spiro atoms. The van der Waals surface area contributed by atoms with Crippen LogP contribution in [-0.2, 0) is 6.42 Å². The molecule has 1 aromatic heterocycles. The molecule has 1 rings (SSSR count). The number of nitrogens with zero attached hydrogens (tertiary/aromatic N) is 1. The van der Waals surface area contributed by atoms with E-state index in [9.17, 15) is 4.79 Å². The summed E-state index contributed by atoms with van der Waals surface area (Å²) in [6, 6.07) is 0. The van der Waals surface area contributed by atoms with Crippen molar-refractivity contribution in [2.24, 2.45) is 0 Å². The first-order valence-corrected chi connectivity index (χ1v) is 5.14. The average molecular weight is 198 g/mol. The molecule has 13 heavy (non-hydrogen) atoms. The van der Waals surface area contributed by atoms with Crippen molar-refractivity contribution < 1.29 is 4.79 Å². The third-order valence-corrected chi connectivity index (χ3v) is 2.86. The lowest BCUT2D eigenvalue weighted by atomic mass is 10.3. The fraction of sp³-hybridized carbons (Fsp3) is 0.556. The largest absolute Gasteiger partial charge is 0.313 e. The number of aryl methyl sites for hydroxylation is 2. The van der Waals surface area contributed by atoms with E-state index < -0.39 is 0 Å². The van der Waals surface area contributed by atoms with Gasteiger partial charge in [0.25, 0.3) is 0 Å². The van der Waals surface area contributed by atoms with Crippen LogP contribution in [-0.4, -0.2) is 24.4 Å². The van der Waals surface area contributed by atoms with Crippen LogP contribution < -0.4 is 5.32 Å². The van der Waals surface area contributed by atoms with Gasteiger partial charge in [-0.3, -0.25) is 4.79 Å². The standard InChI is InChI=1S/C9H14N2OS/c1-4-7-6(2)13-9(11-7)8(12)5-10-3/h10H,4-5H2,1-3H3. The smallest absolute Gasteiger partial charge is 0.205 e. The predicted molar refractivity (Wildman–Crippen MR) is 54.5 cm³/mol. The molecule has 0 fully saturated rings. The van der Waals surface area contributed by atoms with Gasteiger partial charge in [-0.05, 0) is 20.4 Å². The Morgan fingerprint density at radius 2 is 2.31 bits per heavy atom. The van der Waals surface area contributed by atoms with Gasteiger partial charge in [-0.2, -0.15) is 0 Å². The number of hydrogen-bond donors (Lipinski definition) is 1. The van der Waals surface area contributed by atoms with Crippen LogP contribution >= 0.6 is 11.3 Å². The summed E-state index contributed by atoms with van der Waals surface area (Å²) < 4.78 is 0. The van der Waals surface area contributed by atoms with Gasteiger partial charge in [0.1, 0.15) is 0 Å². The van der Waals surface area contributed by atoms with Gasteiger partial charge in [0.2, 0.25) is 5.78 Å². The molecule has 0 aliphatic rings. The molecule has 0 aromatic carbocycles. The van der Waals surface area contributed by atoms with E-state index in [1.165, 1.54) is 11.3 Å². The second-order valence-electron chi connectivity index (χ2n) is 2.83. The lowest BCUT2D eigenvalue weighted by molar-refractivity contribution is 0.0993. The highest BCUT2D eigenvalue weighted by Crippen LogP contribution is 2.17. The highest BCUT2D eigenvalue weighted by atomic mass is 32.1. The number of likely N-dealkylation sites (N-methyl/N-ethyl adjacent to an activating group) is 1. The molecule has 3 nitrogen and oxygen atoms in total. The van der Waals surface area contributed by atoms with Crippen LogP contribution in [0.5, 0.6) is 0 Å². The molecular weight excluding hydrogens is 184 g/mol. The van der Waals surface area contributed by atoms with Crippen molar-refractivity contribution >= 4 is 17.1 Å². The Bertz CT molecular complexity index is 307. The number of Topliss-reactive ketones (excluding diaryl/α,β-unsaturated/α-hetero) is 1. The van der Waals surface area contributed by atoms with Crippen LogP contribution in [0.15, 0.2) is 0 Å². The molecule has 0 saturated carbocycles. The van der Waals surface area contributed by atoms with Crippen LogP contribution in [0.3, 0.4) is 0 Å². The molecule has 72 valence electrons. The molecule has 0 saturated heterocycles. The maximum Gasteiger partial charge on any atom is 0.205 e. The molecule has 1 heterocycles. The van der Waals surface area contributed by atoms with Crippen molar-refractivity contribution in [3.05, 3.63) is 15.6 Å². The lowest BCUT2D eigenvalue weighted by Gasteiger charge is -1.92. The summed E-state index contributed by atoms with van der Waals surface area (Å²) in [7, 11) is 1.76. The van der Waals surface area contributed by atoms with E-state index in [1.807, 2.05) is 13.8 Å². The highest BCUT2D eigenvalue weighted by molar-refractivity contribution is 7.13. The van der Waals surface area contributed by atoms with Gasteiger partial charge >= 0.3 is 0 Å². The molecule has 0 radical (unpaired) electrons. The van der Waals surface area contributed by atoms with Crippen LogP contribution in [0, 0.1) is 6.92 Å². The van der Waals surface area contributed by atoms with Crippen molar-refractivity contribution in [3.8, 4) is 0 Å². The van der Waals surface area contributed by atoms with E-state index in [2.05, 4.69) is 10.3 Å². The zero-order valence-electron chi connectivity index (χ0n) is 8.18. The first-order chi connectivity index (χ1) is 6.19. The molecule has 0 aliphatic carbocycles.